The smallest absolute Gasteiger partial charge is 0.274 e. The average Bonchev–Trinajstić information content (AvgIpc) is 3.33. The van der Waals surface area contributed by atoms with Crippen molar-refractivity contribution in [3.8, 4) is 11.1 Å². The normalized spacial score (nSPS) is 16.2. The minimum absolute atomic E-state index is 0.00213. The largest absolute Gasteiger partial charge is 0.330 e. The van der Waals surface area contributed by atoms with Gasteiger partial charge in [0.15, 0.2) is 5.69 Å². The lowest BCUT2D eigenvalue weighted by molar-refractivity contribution is 0.0671. The van der Waals surface area contributed by atoms with Crippen LogP contribution in [0.15, 0.2) is 53.3 Å². The Labute approximate surface area is 176 Å². The van der Waals surface area contributed by atoms with E-state index in [1.807, 2.05) is 42.4 Å². The minimum Gasteiger partial charge on any atom is -0.330 e. The number of H-pyrrole nitrogens is 1. The lowest BCUT2D eigenvalue weighted by Crippen LogP contribution is -2.39. The Bertz CT molecular complexity index is 1240. The molecule has 1 unspecified atom stereocenters. The molecule has 1 aliphatic rings. The zero-order chi connectivity index (χ0) is 20.1. The first-order valence-electron chi connectivity index (χ1n) is 9.61. The molecule has 4 aromatic rings. The second-order valence-corrected chi connectivity index (χ2v) is 8.38. The maximum atomic E-state index is 13.2. The lowest BCUT2D eigenvalue weighted by Gasteiger charge is -2.35. The summed E-state index contributed by atoms with van der Waals surface area (Å²) in [7, 11) is 0. The SMILES string of the molecule is Cc1n[nH]cc1-c1ccc2c(c1)CCN(C(=O)c1cc3ccc(Br)cn3n1)C2C. The highest BCUT2D eigenvalue weighted by molar-refractivity contribution is 9.10. The molecule has 1 atom stereocenters. The van der Waals surface area contributed by atoms with Gasteiger partial charge in [0, 0.05) is 29.0 Å². The van der Waals surface area contributed by atoms with Crippen LogP contribution in [0.5, 0.6) is 0 Å². The number of benzene rings is 1. The summed E-state index contributed by atoms with van der Waals surface area (Å²) in [4.78, 5) is 15.1. The standard InChI is InChI=1S/C22H20BrN5O/c1-13-20(11-24-25-13)15-3-6-19-14(2)27(8-7-16(19)9-15)22(29)21-10-18-5-4-17(23)12-28(18)26-21/h3-6,9-12,14H,7-8H2,1-2H3,(H,24,25). The second-order valence-electron chi connectivity index (χ2n) is 7.47. The van der Waals surface area contributed by atoms with Crippen LogP contribution >= 0.6 is 15.9 Å². The van der Waals surface area contributed by atoms with Crippen LogP contribution in [0.25, 0.3) is 16.6 Å². The zero-order valence-corrected chi connectivity index (χ0v) is 17.8. The molecular formula is C22H20BrN5O. The van der Waals surface area contributed by atoms with Gasteiger partial charge in [-0.15, -0.1) is 0 Å². The van der Waals surface area contributed by atoms with E-state index in [1.165, 1.54) is 11.1 Å². The van der Waals surface area contributed by atoms with Gasteiger partial charge in [-0.1, -0.05) is 18.2 Å². The molecule has 0 bridgehead atoms. The Morgan fingerprint density at radius 2 is 2.10 bits per heavy atom. The molecule has 0 saturated heterocycles. The third-order valence-corrected chi connectivity index (χ3v) is 6.20. The number of halogens is 1. The third kappa shape index (κ3) is 3.06. The van der Waals surface area contributed by atoms with Crippen molar-refractivity contribution in [2.75, 3.05) is 6.54 Å². The van der Waals surface area contributed by atoms with Crippen molar-refractivity contribution in [1.29, 1.82) is 0 Å². The van der Waals surface area contributed by atoms with E-state index in [2.05, 4.69) is 56.3 Å². The number of nitrogens with zero attached hydrogens (tertiary/aromatic N) is 4. The molecule has 0 radical (unpaired) electrons. The van der Waals surface area contributed by atoms with E-state index in [-0.39, 0.29) is 11.9 Å². The van der Waals surface area contributed by atoms with Crippen LogP contribution < -0.4 is 0 Å². The molecule has 7 heteroatoms. The first-order chi connectivity index (χ1) is 14.0. The van der Waals surface area contributed by atoms with Crippen molar-refractivity contribution >= 4 is 27.4 Å². The van der Waals surface area contributed by atoms with Crippen molar-refractivity contribution in [3.05, 3.63) is 75.8 Å². The molecule has 6 nitrogen and oxygen atoms in total. The van der Waals surface area contributed by atoms with Crippen molar-refractivity contribution in [2.24, 2.45) is 0 Å². The summed E-state index contributed by atoms with van der Waals surface area (Å²) in [6.45, 7) is 4.77. The first-order valence-corrected chi connectivity index (χ1v) is 10.4. The van der Waals surface area contributed by atoms with Crippen LogP contribution in [-0.4, -0.2) is 37.2 Å². The van der Waals surface area contributed by atoms with Gasteiger partial charge in [-0.05, 0) is 71.1 Å². The highest BCUT2D eigenvalue weighted by Crippen LogP contribution is 2.34. The maximum Gasteiger partial charge on any atom is 0.274 e. The molecule has 0 fully saturated rings. The number of rotatable bonds is 2. The topological polar surface area (TPSA) is 66.3 Å². The highest BCUT2D eigenvalue weighted by atomic mass is 79.9. The maximum absolute atomic E-state index is 13.2. The van der Waals surface area contributed by atoms with E-state index in [0.717, 1.165) is 33.2 Å². The molecule has 5 rings (SSSR count). The molecule has 4 heterocycles. The van der Waals surface area contributed by atoms with E-state index < -0.39 is 0 Å². The number of carbonyl (C=O) groups is 1. The van der Waals surface area contributed by atoms with Gasteiger partial charge >= 0.3 is 0 Å². The summed E-state index contributed by atoms with van der Waals surface area (Å²) >= 11 is 3.45. The van der Waals surface area contributed by atoms with E-state index in [1.54, 1.807) is 4.52 Å². The van der Waals surface area contributed by atoms with E-state index >= 15 is 0 Å². The molecule has 1 N–H and O–H groups in total. The molecule has 3 aromatic heterocycles. The first kappa shape index (κ1) is 18.1. The molecular weight excluding hydrogens is 430 g/mol. The van der Waals surface area contributed by atoms with Gasteiger partial charge in [-0.25, -0.2) is 4.52 Å². The summed E-state index contributed by atoms with van der Waals surface area (Å²) in [6, 6.07) is 12.2. The Morgan fingerprint density at radius 3 is 2.90 bits per heavy atom. The molecule has 0 saturated carbocycles. The molecule has 1 aliphatic heterocycles. The summed E-state index contributed by atoms with van der Waals surface area (Å²) < 4.78 is 2.66. The van der Waals surface area contributed by atoms with Crippen LogP contribution in [0.4, 0.5) is 0 Å². The van der Waals surface area contributed by atoms with Gasteiger partial charge in [0.25, 0.3) is 5.91 Å². The molecule has 1 aromatic carbocycles. The van der Waals surface area contributed by atoms with Gasteiger partial charge in [-0.2, -0.15) is 10.2 Å². The molecule has 0 spiro atoms. The fourth-order valence-corrected chi connectivity index (χ4v) is 4.47. The Morgan fingerprint density at radius 1 is 1.24 bits per heavy atom. The van der Waals surface area contributed by atoms with Gasteiger partial charge < -0.3 is 4.90 Å². The number of aromatic amines is 1. The molecule has 146 valence electrons. The number of aryl methyl sites for hydroxylation is 1. The summed E-state index contributed by atoms with van der Waals surface area (Å²) in [6.07, 6.45) is 4.62. The summed E-state index contributed by atoms with van der Waals surface area (Å²) in [5, 5.41) is 11.6. The number of amides is 1. The summed E-state index contributed by atoms with van der Waals surface area (Å²) in [5.41, 5.74) is 7.14. The number of fused-ring (bicyclic) bond motifs is 2. The predicted molar refractivity (Wildman–Crippen MR) is 115 cm³/mol. The van der Waals surface area contributed by atoms with E-state index in [0.29, 0.717) is 12.2 Å². The number of nitrogens with one attached hydrogen (secondary N) is 1. The number of pyridine rings is 1. The second kappa shape index (κ2) is 6.84. The Balaban J connectivity index is 1.45. The third-order valence-electron chi connectivity index (χ3n) is 5.73. The molecule has 29 heavy (non-hydrogen) atoms. The van der Waals surface area contributed by atoms with Crippen LogP contribution in [0.3, 0.4) is 0 Å². The van der Waals surface area contributed by atoms with Crippen LogP contribution in [0.1, 0.15) is 40.3 Å². The lowest BCUT2D eigenvalue weighted by atomic mass is 9.90. The van der Waals surface area contributed by atoms with Crippen molar-refractivity contribution in [1.82, 2.24) is 24.7 Å². The Kier molecular flexibility index (Phi) is 4.28. The Hall–Kier alpha value is -2.93. The van der Waals surface area contributed by atoms with Crippen LogP contribution in [0.2, 0.25) is 0 Å². The van der Waals surface area contributed by atoms with Gasteiger partial charge in [0.1, 0.15) is 0 Å². The summed E-state index contributed by atoms with van der Waals surface area (Å²) in [5.74, 6) is -0.0299. The van der Waals surface area contributed by atoms with Crippen molar-refractivity contribution < 1.29 is 4.79 Å². The zero-order valence-electron chi connectivity index (χ0n) is 16.2. The van der Waals surface area contributed by atoms with Gasteiger partial charge in [0.2, 0.25) is 0 Å². The van der Waals surface area contributed by atoms with Gasteiger partial charge in [-0.3, -0.25) is 9.89 Å². The monoisotopic (exact) mass is 449 g/mol. The van der Waals surface area contributed by atoms with E-state index in [4.69, 9.17) is 0 Å². The number of aromatic nitrogens is 4. The van der Waals surface area contributed by atoms with Crippen molar-refractivity contribution in [3.63, 3.8) is 0 Å². The fraction of sp³-hybridized carbons (Fsp3) is 0.227. The minimum atomic E-state index is -0.0299. The fourth-order valence-electron chi connectivity index (χ4n) is 4.14. The van der Waals surface area contributed by atoms with Crippen LogP contribution in [-0.2, 0) is 6.42 Å². The predicted octanol–water partition coefficient (Wildman–Crippen LogP) is 4.55. The van der Waals surface area contributed by atoms with E-state index in [9.17, 15) is 4.79 Å². The average molecular weight is 450 g/mol. The van der Waals surface area contributed by atoms with Gasteiger partial charge in [0.05, 0.1) is 17.3 Å². The molecule has 0 aliphatic carbocycles. The van der Waals surface area contributed by atoms with Crippen molar-refractivity contribution in [2.45, 2.75) is 26.3 Å². The number of hydrogen-bond donors (Lipinski definition) is 1. The highest BCUT2D eigenvalue weighted by Gasteiger charge is 2.30. The van der Waals surface area contributed by atoms with Crippen LogP contribution in [0, 0.1) is 6.92 Å². The quantitative estimate of drug-likeness (QED) is 0.487. The molecule has 1 amide bonds. The number of carbonyl (C=O) groups excluding carboxylic acids is 1. The number of hydrogen-bond acceptors (Lipinski definition) is 3.